The fourth-order valence-electron chi connectivity index (χ4n) is 15.8. The summed E-state index contributed by atoms with van der Waals surface area (Å²) in [5.41, 5.74) is 22.6. The maximum Gasteiger partial charge on any atom is 0.138 e. The summed E-state index contributed by atoms with van der Waals surface area (Å²) in [6.07, 6.45) is 51.0. The molecule has 1 aliphatic heterocycles. The summed E-state index contributed by atoms with van der Waals surface area (Å²) in [6.45, 7) is 4.00. The van der Waals surface area contributed by atoms with Gasteiger partial charge in [-0.3, -0.25) is 0 Å². The van der Waals surface area contributed by atoms with Crippen molar-refractivity contribution in [2.45, 2.75) is 115 Å². The van der Waals surface area contributed by atoms with Crippen LogP contribution in [0.5, 0.6) is 0 Å². The van der Waals surface area contributed by atoms with Gasteiger partial charge in [0.2, 0.25) is 0 Å². The lowest BCUT2D eigenvalue weighted by atomic mass is 9.71. The highest BCUT2D eigenvalue weighted by molar-refractivity contribution is 7.20. The van der Waals surface area contributed by atoms with Crippen molar-refractivity contribution in [3.8, 4) is 11.1 Å². The molecule has 0 fully saturated rings. The van der Waals surface area contributed by atoms with Gasteiger partial charge in [0.25, 0.3) is 0 Å². The zero-order chi connectivity index (χ0) is 59.5. The maximum atomic E-state index is 7.00. The molecule has 4 unspecified atom stereocenters. The lowest BCUT2D eigenvalue weighted by Crippen LogP contribution is -2.40. The zero-order valence-corrected chi connectivity index (χ0v) is 52.9. The predicted molar refractivity (Wildman–Crippen MR) is 381 cm³/mol. The standard InChI is InChI=1S/C69H59N3OS.C12H10S.C2H6/c1-70-63-40-46(33-38-61(63)67-58-25-10-8-22-54(58)55-23-9-11-26-59(55)68(67)70)53-27-15-28-60-56-37-32-45(41-64(56)73-69(53)60)44-30-34-49(35-31-44)71(47-16-4-2-5-17-47)50-20-14-21-51(42-50)72(48-18-6-3-7-19-48)52-36-39-66-62(43-52)57-24-12-13-29-65(57)74-66;1-3-7-11-9(5-1)10-6-2-4-8-12(10)13-11;1-2/h3-4,6,8,10-14,16-18,21-22,24-27,29-35,37-43,50,52,67-68H,2,5,7,9,15,19-20,23,28,36H2,1H3;1,3-5,7-8H,2,6H2;1-2H3. The molecule has 8 aliphatic carbocycles. The Morgan fingerprint density at radius 3 is 2.16 bits per heavy atom. The lowest BCUT2D eigenvalue weighted by Gasteiger charge is -2.40. The van der Waals surface area contributed by atoms with Crippen LogP contribution >= 0.6 is 22.7 Å². The lowest BCUT2D eigenvalue weighted by molar-refractivity contribution is 0.373. The van der Waals surface area contributed by atoms with Crippen molar-refractivity contribution < 1.29 is 4.42 Å². The zero-order valence-electron chi connectivity index (χ0n) is 51.3. The minimum absolute atomic E-state index is 0.154. The highest BCUT2D eigenvalue weighted by atomic mass is 32.1. The SMILES string of the molecule is C1=Cc2sc3ccccc3c2CC1.CC.CN1c2cc(C3=CCCc4c3oc3cc(-c5ccc(N(C6=CCCC=C6)C6C=C(N(C7=CC=CCC7)C7C=c8c(sc9ccccc89)=CC7)C=CC6)cc5)ccc43)ccc2C2c3ccccc3C3=C(C=CCC3)C21. The third-order valence-electron chi connectivity index (χ3n) is 19.8. The Labute approximate surface area is 532 Å². The molecule has 18 rings (SSSR count). The van der Waals surface area contributed by atoms with Crippen molar-refractivity contribution in [3.63, 3.8) is 0 Å². The van der Waals surface area contributed by atoms with Crippen LogP contribution in [0.3, 0.4) is 0 Å². The monoisotopic (exact) mass is 1190 g/mol. The minimum atomic E-state index is 0.154. The van der Waals surface area contributed by atoms with Crippen LogP contribution in [0, 0.1) is 0 Å². The molecule has 0 spiro atoms. The van der Waals surface area contributed by atoms with Gasteiger partial charge in [0, 0.05) is 82.1 Å². The molecule has 0 saturated carbocycles. The Balaban J connectivity index is 0.000000372. The van der Waals surface area contributed by atoms with Crippen LogP contribution < -0.4 is 19.6 Å². The smallest absolute Gasteiger partial charge is 0.138 e. The second kappa shape index (κ2) is 23.7. The van der Waals surface area contributed by atoms with E-state index in [4.69, 9.17) is 4.42 Å². The highest BCUT2D eigenvalue weighted by Gasteiger charge is 2.44. The number of fused-ring (bicyclic) bond motifs is 16. The molecule has 0 bridgehead atoms. The van der Waals surface area contributed by atoms with Gasteiger partial charge in [-0.15, -0.1) is 22.7 Å². The van der Waals surface area contributed by atoms with E-state index in [2.05, 4.69) is 252 Å². The van der Waals surface area contributed by atoms with Crippen LogP contribution in [0.15, 0.2) is 240 Å². The molecular formula is C83H75N3OS2. The summed E-state index contributed by atoms with van der Waals surface area (Å²) < 4.78 is 11.2. The Kier molecular flexibility index (Phi) is 14.8. The second-order valence-electron chi connectivity index (χ2n) is 24.8. The molecule has 0 saturated heterocycles. The number of allylic oxidation sites excluding steroid dienone is 12. The van der Waals surface area contributed by atoms with Gasteiger partial charge >= 0.3 is 0 Å². The van der Waals surface area contributed by atoms with E-state index in [1.807, 2.05) is 36.5 Å². The fraction of sp³-hybridized carbons (Fsp3) is 0.229. The summed E-state index contributed by atoms with van der Waals surface area (Å²) in [4.78, 5) is 9.26. The second-order valence-corrected chi connectivity index (χ2v) is 27.0. The number of anilines is 2. The van der Waals surface area contributed by atoms with Gasteiger partial charge in [0.05, 0.1) is 18.1 Å². The van der Waals surface area contributed by atoms with Crippen LogP contribution in [0.4, 0.5) is 11.4 Å². The van der Waals surface area contributed by atoms with E-state index in [1.165, 1.54) is 137 Å². The van der Waals surface area contributed by atoms with Gasteiger partial charge in [-0.1, -0.05) is 178 Å². The number of aryl methyl sites for hydroxylation is 2. The molecular weight excluding hydrogens is 1120 g/mol. The summed E-state index contributed by atoms with van der Waals surface area (Å²) in [6, 6.07) is 50.9. The molecule has 9 aromatic rings. The number of hydrogen-bond acceptors (Lipinski definition) is 6. The molecule has 440 valence electrons. The molecule has 4 atom stereocenters. The van der Waals surface area contributed by atoms with Crippen LogP contribution in [-0.4, -0.2) is 30.1 Å². The van der Waals surface area contributed by atoms with E-state index in [1.54, 1.807) is 5.56 Å². The quantitative estimate of drug-likeness (QED) is 0.151. The average Bonchev–Trinajstić information content (AvgIpc) is 1.71. The van der Waals surface area contributed by atoms with Crippen molar-refractivity contribution in [2.24, 2.45) is 0 Å². The molecule has 4 nitrogen and oxygen atoms in total. The number of nitrogens with zero attached hydrogens (tertiary/aromatic N) is 3. The number of thiophene rings is 2. The highest BCUT2D eigenvalue weighted by Crippen LogP contribution is 2.55. The molecule has 0 N–H and O–H groups in total. The number of furan rings is 1. The number of hydrogen-bond donors (Lipinski definition) is 0. The van der Waals surface area contributed by atoms with Gasteiger partial charge in [-0.05, 0) is 205 Å². The van der Waals surface area contributed by atoms with Crippen molar-refractivity contribution >= 4 is 94.6 Å². The van der Waals surface area contributed by atoms with Crippen molar-refractivity contribution in [3.05, 3.63) is 289 Å². The van der Waals surface area contributed by atoms with E-state index in [0.29, 0.717) is 12.0 Å². The largest absolute Gasteiger partial charge is 0.456 e. The van der Waals surface area contributed by atoms with Crippen LogP contribution in [-0.2, 0) is 12.8 Å². The Morgan fingerprint density at radius 2 is 1.29 bits per heavy atom. The number of benzene rings is 6. The number of rotatable bonds is 8. The first-order chi connectivity index (χ1) is 44.1. The van der Waals surface area contributed by atoms with Crippen molar-refractivity contribution in [2.75, 3.05) is 16.8 Å². The van der Waals surface area contributed by atoms with E-state index in [9.17, 15) is 0 Å². The Bertz CT molecular complexity index is 4760. The predicted octanol–water partition coefficient (Wildman–Crippen LogP) is 20.5. The van der Waals surface area contributed by atoms with Crippen LogP contribution in [0.25, 0.3) is 71.6 Å². The fourth-order valence-corrected chi connectivity index (χ4v) is 18.1. The third-order valence-corrected chi connectivity index (χ3v) is 22.2. The Morgan fingerprint density at radius 1 is 0.539 bits per heavy atom. The van der Waals surface area contributed by atoms with E-state index in [-0.39, 0.29) is 12.1 Å². The van der Waals surface area contributed by atoms with E-state index >= 15 is 0 Å². The van der Waals surface area contributed by atoms with Gasteiger partial charge in [0.1, 0.15) is 11.3 Å². The summed E-state index contributed by atoms with van der Waals surface area (Å²) >= 11 is 3.84. The van der Waals surface area contributed by atoms with Gasteiger partial charge in [-0.2, -0.15) is 0 Å². The molecule has 6 aromatic carbocycles. The molecule has 89 heavy (non-hydrogen) atoms. The van der Waals surface area contributed by atoms with E-state index < -0.39 is 0 Å². The number of likely N-dealkylation sites (N-methyl/N-ethyl adjacent to an activating group) is 1. The third kappa shape index (κ3) is 9.86. The van der Waals surface area contributed by atoms with Crippen LogP contribution in [0.1, 0.15) is 128 Å². The molecule has 4 heterocycles. The first-order valence-corrected chi connectivity index (χ1v) is 34.5. The topological polar surface area (TPSA) is 22.9 Å². The van der Waals surface area contributed by atoms with Gasteiger partial charge in [-0.25, -0.2) is 0 Å². The minimum Gasteiger partial charge on any atom is -0.456 e. The molecule has 6 heteroatoms. The molecule has 9 aliphatic rings. The molecule has 3 aromatic heterocycles. The summed E-state index contributed by atoms with van der Waals surface area (Å²) in [5, 5.41) is 5.46. The summed E-state index contributed by atoms with van der Waals surface area (Å²) in [5.74, 6) is 1.36. The average molecular weight is 1190 g/mol. The molecule has 0 radical (unpaired) electrons. The van der Waals surface area contributed by atoms with Crippen LogP contribution in [0.2, 0.25) is 0 Å². The summed E-state index contributed by atoms with van der Waals surface area (Å²) in [7, 11) is 2.31. The van der Waals surface area contributed by atoms with Crippen molar-refractivity contribution in [1.82, 2.24) is 4.90 Å². The van der Waals surface area contributed by atoms with Gasteiger partial charge < -0.3 is 19.1 Å². The van der Waals surface area contributed by atoms with Gasteiger partial charge in [0.15, 0.2) is 0 Å². The normalized spacial score (nSPS) is 20.6. The van der Waals surface area contributed by atoms with E-state index in [0.717, 1.165) is 75.6 Å². The first kappa shape index (κ1) is 55.6. The maximum absolute atomic E-state index is 7.00. The first-order valence-electron chi connectivity index (χ1n) is 32.8. The molecule has 0 amide bonds. The van der Waals surface area contributed by atoms with Crippen molar-refractivity contribution in [1.29, 1.82) is 0 Å². The Hall–Kier alpha value is -8.68.